The van der Waals surface area contributed by atoms with E-state index in [2.05, 4.69) is 5.32 Å². The molecule has 8 nitrogen and oxygen atoms in total. The number of esters is 1. The number of anilines is 2. The summed E-state index contributed by atoms with van der Waals surface area (Å²) in [5.41, 5.74) is 1.17. The number of carbonyl (C=O) groups excluding carboxylic acids is 3. The van der Waals surface area contributed by atoms with Gasteiger partial charge in [0.1, 0.15) is 6.54 Å². The second-order valence-corrected chi connectivity index (χ2v) is 7.18. The minimum Gasteiger partial charge on any atom is -0.493 e. The van der Waals surface area contributed by atoms with Crippen LogP contribution in [-0.4, -0.2) is 44.1 Å². The van der Waals surface area contributed by atoms with Gasteiger partial charge < -0.3 is 19.5 Å². The topological polar surface area (TPSA) is 94.2 Å². The molecule has 2 aromatic carbocycles. The maximum Gasteiger partial charge on any atom is 0.338 e. The van der Waals surface area contributed by atoms with Gasteiger partial charge in [-0.3, -0.25) is 14.5 Å². The first-order chi connectivity index (χ1) is 14.3. The molecule has 0 spiro atoms. The van der Waals surface area contributed by atoms with Gasteiger partial charge in [0, 0.05) is 0 Å². The minimum atomic E-state index is -0.755. The number of methoxy groups -OCH3 is 1. The average Bonchev–Trinajstić information content (AvgIpc) is 2.72. The van der Waals surface area contributed by atoms with Crippen molar-refractivity contribution >= 4 is 40.8 Å². The molecule has 0 saturated carbocycles. The fourth-order valence-electron chi connectivity index (χ4n) is 2.93. The van der Waals surface area contributed by atoms with Gasteiger partial charge in [0.15, 0.2) is 18.1 Å². The Labute approximate surface area is 178 Å². The summed E-state index contributed by atoms with van der Waals surface area (Å²) in [4.78, 5) is 38.2. The summed E-state index contributed by atoms with van der Waals surface area (Å²) >= 11 is 6.23. The zero-order valence-corrected chi connectivity index (χ0v) is 17.5. The maximum absolute atomic E-state index is 12.6. The van der Waals surface area contributed by atoms with Gasteiger partial charge in [-0.2, -0.15) is 0 Å². The number of nitrogens with one attached hydrogen (secondary N) is 1. The van der Waals surface area contributed by atoms with Crippen molar-refractivity contribution in [3.05, 3.63) is 47.0 Å². The average molecular weight is 433 g/mol. The van der Waals surface area contributed by atoms with E-state index < -0.39 is 18.5 Å². The molecule has 0 aromatic heterocycles. The molecule has 9 heteroatoms. The molecule has 0 bridgehead atoms. The summed E-state index contributed by atoms with van der Waals surface area (Å²) in [7, 11) is 1.43. The monoisotopic (exact) mass is 432 g/mol. The molecule has 0 unspecified atom stereocenters. The Bertz CT molecular complexity index is 991. The van der Waals surface area contributed by atoms with E-state index in [1.54, 1.807) is 24.3 Å². The molecule has 30 heavy (non-hydrogen) atoms. The normalized spacial score (nSPS) is 12.8. The number of hydrogen-bond donors (Lipinski definition) is 1. The van der Waals surface area contributed by atoms with Crippen molar-refractivity contribution in [3.8, 4) is 11.5 Å². The Morgan fingerprint density at radius 2 is 1.97 bits per heavy atom. The highest BCUT2D eigenvalue weighted by atomic mass is 35.5. The molecule has 0 saturated heterocycles. The Balaban J connectivity index is 1.72. The molecule has 2 amide bonds. The number of amides is 2. The lowest BCUT2D eigenvalue weighted by Crippen LogP contribution is -2.44. The molecular formula is C21H21ClN2O6. The van der Waals surface area contributed by atoms with Crippen LogP contribution in [0.15, 0.2) is 36.4 Å². The van der Waals surface area contributed by atoms with Crippen LogP contribution in [0.25, 0.3) is 0 Å². The predicted molar refractivity (Wildman–Crippen MR) is 111 cm³/mol. The SMILES string of the molecule is COc1cc(C(=O)OCC(=O)N2CC(=O)Nc3ccccc32)cc(Cl)c1OC(C)C. The minimum absolute atomic E-state index is 0.109. The Morgan fingerprint density at radius 3 is 2.67 bits per heavy atom. The summed E-state index contributed by atoms with van der Waals surface area (Å²) in [6.45, 7) is 2.98. The Hall–Kier alpha value is -3.26. The number of para-hydroxylation sites is 2. The third kappa shape index (κ3) is 4.65. The van der Waals surface area contributed by atoms with E-state index in [9.17, 15) is 14.4 Å². The maximum atomic E-state index is 12.6. The number of fused-ring (bicyclic) bond motifs is 1. The van der Waals surface area contributed by atoms with Gasteiger partial charge in [0.05, 0.1) is 35.2 Å². The van der Waals surface area contributed by atoms with Crippen LogP contribution in [0.3, 0.4) is 0 Å². The molecule has 0 aliphatic carbocycles. The van der Waals surface area contributed by atoms with E-state index in [0.717, 1.165) is 0 Å². The lowest BCUT2D eigenvalue weighted by atomic mass is 10.2. The molecule has 158 valence electrons. The van der Waals surface area contributed by atoms with Gasteiger partial charge in [0.25, 0.3) is 5.91 Å². The quantitative estimate of drug-likeness (QED) is 0.704. The van der Waals surface area contributed by atoms with E-state index >= 15 is 0 Å². The number of carbonyl (C=O) groups is 3. The van der Waals surface area contributed by atoms with Gasteiger partial charge in [-0.15, -0.1) is 0 Å². The van der Waals surface area contributed by atoms with Crippen LogP contribution in [0.5, 0.6) is 11.5 Å². The number of nitrogens with zero attached hydrogens (tertiary/aromatic N) is 1. The zero-order chi connectivity index (χ0) is 21.8. The molecule has 2 aromatic rings. The third-order valence-corrected chi connectivity index (χ3v) is 4.50. The van der Waals surface area contributed by atoms with E-state index in [1.165, 1.54) is 24.1 Å². The Kier molecular flexibility index (Phi) is 6.47. The van der Waals surface area contributed by atoms with Crippen molar-refractivity contribution < 1.29 is 28.6 Å². The van der Waals surface area contributed by atoms with Crippen molar-refractivity contribution in [1.29, 1.82) is 0 Å². The number of hydrogen-bond acceptors (Lipinski definition) is 6. The lowest BCUT2D eigenvalue weighted by molar-refractivity contribution is -0.124. The van der Waals surface area contributed by atoms with Crippen LogP contribution in [0.2, 0.25) is 5.02 Å². The van der Waals surface area contributed by atoms with Crippen LogP contribution >= 0.6 is 11.6 Å². The van der Waals surface area contributed by atoms with Crippen molar-refractivity contribution in [2.75, 3.05) is 30.5 Å². The van der Waals surface area contributed by atoms with Crippen molar-refractivity contribution in [2.45, 2.75) is 20.0 Å². The fourth-order valence-corrected chi connectivity index (χ4v) is 3.19. The first-order valence-electron chi connectivity index (χ1n) is 9.20. The van der Waals surface area contributed by atoms with Crippen LogP contribution in [0.1, 0.15) is 24.2 Å². The highest BCUT2D eigenvalue weighted by molar-refractivity contribution is 6.32. The predicted octanol–water partition coefficient (Wildman–Crippen LogP) is 3.28. The van der Waals surface area contributed by atoms with Gasteiger partial charge in [0.2, 0.25) is 5.91 Å². The number of rotatable bonds is 6. The summed E-state index contributed by atoms with van der Waals surface area (Å²) in [6, 6.07) is 9.70. The molecule has 0 radical (unpaired) electrons. The van der Waals surface area contributed by atoms with E-state index in [-0.39, 0.29) is 34.9 Å². The summed E-state index contributed by atoms with van der Waals surface area (Å²) < 4.78 is 16.0. The molecule has 1 aliphatic heterocycles. The van der Waals surface area contributed by atoms with Crippen molar-refractivity contribution in [3.63, 3.8) is 0 Å². The van der Waals surface area contributed by atoms with E-state index in [4.69, 9.17) is 25.8 Å². The first kappa shape index (κ1) is 21.4. The van der Waals surface area contributed by atoms with Crippen LogP contribution in [-0.2, 0) is 14.3 Å². The molecule has 0 atom stereocenters. The van der Waals surface area contributed by atoms with E-state index in [0.29, 0.717) is 17.1 Å². The second kappa shape index (κ2) is 9.04. The Morgan fingerprint density at radius 1 is 1.23 bits per heavy atom. The van der Waals surface area contributed by atoms with Crippen LogP contribution in [0, 0.1) is 0 Å². The molecule has 1 heterocycles. The summed E-state index contributed by atoms with van der Waals surface area (Å²) in [5, 5.41) is 2.88. The largest absolute Gasteiger partial charge is 0.493 e. The third-order valence-electron chi connectivity index (χ3n) is 4.22. The van der Waals surface area contributed by atoms with Crippen LogP contribution in [0.4, 0.5) is 11.4 Å². The van der Waals surface area contributed by atoms with Gasteiger partial charge in [-0.05, 0) is 38.1 Å². The van der Waals surface area contributed by atoms with Crippen molar-refractivity contribution in [1.82, 2.24) is 0 Å². The lowest BCUT2D eigenvalue weighted by Gasteiger charge is -2.28. The molecule has 1 N–H and O–H groups in total. The standard InChI is InChI=1S/C21H21ClN2O6/c1-12(2)30-20-14(22)8-13(9-17(20)28-3)21(27)29-11-19(26)24-10-18(25)23-15-6-4-5-7-16(15)24/h4-9,12H,10-11H2,1-3H3,(H,23,25). The zero-order valence-electron chi connectivity index (χ0n) is 16.7. The highest BCUT2D eigenvalue weighted by Gasteiger charge is 2.27. The van der Waals surface area contributed by atoms with Gasteiger partial charge in [-0.25, -0.2) is 4.79 Å². The fraction of sp³-hybridized carbons (Fsp3) is 0.286. The molecule has 0 fully saturated rings. The van der Waals surface area contributed by atoms with Crippen molar-refractivity contribution in [2.24, 2.45) is 0 Å². The molecule has 3 rings (SSSR count). The number of benzene rings is 2. The second-order valence-electron chi connectivity index (χ2n) is 6.78. The first-order valence-corrected chi connectivity index (χ1v) is 9.58. The molecule has 1 aliphatic rings. The highest BCUT2D eigenvalue weighted by Crippen LogP contribution is 2.37. The van der Waals surface area contributed by atoms with Gasteiger partial charge >= 0.3 is 5.97 Å². The summed E-state index contributed by atoms with van der Waals surface area (Å²) in [5.74, 6) is -1.02. The number of ether oxygens (including phenoxy) is 3. The van der Waals surface area contributed by atoms with Crippen LogP contribution < -0.4 is 19.7 Å². The summed E-state index contributed by atoms with van der Waals surface area (Å²) in [6.07, 6.45) is -0.142. The molecular weight excluding hydrogens is 412 g/mol. The number of halogens is 1. The van der Waals surface area contributed by atoms with Gasteiger partial charge in [-0.1, -0.05) is 23.7 Å². The van der Waals surface area contributed by atoms with E-state index in [1.807, 2.05) is 13.8 Å². The smallest absolute Gasteiger partial charge is 0.338 e.